The SMILES string of the molecule is CN1CCC(CN=C(NN)NC2CCCCC2)C1. The highest BCUT2D eigenvalue weighted by atomic mass is 15.3. The van der Waals surface area contributed by atoms with Crippen LogP contribution in [-0.4, -0.2) is 43.6 Å². The number of nitrogens with zero attached hydrogens (tertiary/aromatic N) is 2. The van der Waals surface area contributed by atoms with E-state index < -0.39 is 0 Å². The Morgan fingerprint density at radius 2 is 2.06 bits per heavy atom. The van der Waals surface area contributed by atoms with Crippen molar-refractivity contribution in [2.45, 2.75) is 44.6 Å². The molecule has 0 amide bonds. The molecule has 104 valence electrons. The molecule has 1 saturated heterocycles. The second-order valence-electron chi connectivity index (χ2n) is 5.73. The van der Waals surface area contributed by atoms with E-state index in [-0.39, 0.29) is 0 Å². The fourth-order valence-electron chi connectivity index (χ4n) is 2.97. The molecule has 4 N–H and O–H groups in total. The number of hydrogen-bond donors (Lipinski definition) is 3. The van der Waals surface area contributed by atoms with Crippen molar-refractivity contribution in [2.75, 3.05) is 26.7 Å². The van der Waals surface area contributed by atoms with Crippen molar-refractivity contribution >= 4 is 5.96 Å². The highest BCUT2D eigenvalue weighted by molar-refractivity contribution is 5.79. The molecule has 0 aromatic heterocycles. The average Bonchev–Trinajstić information content (AvgIpc) is 2.81. The molecule has 2 rings (SSSR count). The Bertz CT molecular complexity index is 273. The van der Waals surface area contributed by atoms with Crippen LogP contribution in [0.1, 0.15) is 38.5 Å². The lowest BCUT2D eigenvalue weighted by molar-refractivity contribution is 0.395. The third-order valence-electron chi connectivity index (χ3n) is 4.08. The topological polar surface area (TPSA) is 65.7 Å². The first kappa shape index (κ1) is 13.6. The molecule has 1 saturated carbocycles. The summed E-state index contributed by atoms with van der Waals surface area (Å²) < 4.78 is 0. The third kappa shape index (κ3) is 4.14. The maximum absolute atomic E-state index is 5.55. The summed E-state index contributed by atoms with van der Waals surface area (Å²) >= 11 is 0. The average molecular weight is 253 g/mol. The first-order valence-electron chi connectivity index (χ1n) is 7.24. The minimum atomic E-state index is 0.555. The lowest BCUT2D eigenvalue weighted by Gasteiger charge is -2.24. The van der Waals surface area contributed by atoms with E-state index in [1.54, 1.807) is 0 Å². The zero-order chi connectivity index (χ0) is 12.8. The molecule has 5 nitrogen and oxygen atoms in total. The molecular weight excluding hydrogens is 226 g/mol. The first-order chi connectivity index (χ1) is 8.78. The molecule has 1 aliphatic carbocycles. The highest BCUT2D eigenvalue weighted by Gasteiger charge is 2.19. The quantitative estimate of drug-likeness (QED) is 0.299. The van der Waals surface area contributed by atoms with Crippen LogP contribution < -0.4 is 16.6 Å². The van der Waals surface area contributed by atoms with Gasteiger partial charge in [-0.3, -0.25) is 10.4 Å². The fraction of sp³-hybridized carbons (Fsp3) is 0.923. The molecule has 1 aliphatic heterocycles. The molecular formula is C13H27N5. The van der Waals surface area contributed by atoms with Gasteiger partial charge in [0, 0.05) is 19.1 Å². The Kier molecular flexibility index (Phi) is 5.26. The smallest absolute Gasteiger partial charge is 0.205 e. The van der Waals surface area contributed by atoms with E-state index >= 15 is 0 Å². The molecule has 2 fully saturated rings. The number of aliphatic imine (C=N–C) groups is 1. The zero-order valence-electron chi connectivity index (χ0n) is 11.5. The summed E-state index contributed by atoms with van der Waals surface area (Å²) in [4.78, 5) is 6.96. The highest BCUT2D eigenvalue weighted by Crippen LogP contribution is 2.17. The van der Waals surface area contributed by atoms with Crippen LogP contribution >= 0.6 is 0 Å². The summed E-state index contributed by atoms with van der Waals surface area (Å²) in [6, 6.07) is 0.555. The lowest BCUT2D eigenvalue weighted by Crippen LogP contribution is -2.47. The summed E-state index contributed by atoms with van der Waals surface area (Å²) in [5, 5.41) is 3.44. The van der Waals surface area contributed by atoms with Gasteiger partial charge < -0.3 is 10.2 Å². The number of nitrogens with two attached hydrogens (primary N) is 1. The number of hydrogen-bond acceptors (Lipinski definition) is 3. The Morgan fingerprint density at radius 1 is 1.28 bits per heavy atom. The van der Waals surface area contributed by atoms with Gasteiger partial charge in [0.25, 0.3) is 0 Å². The van der Waals surface area contributed by atoms with E-state index in [9.17, 15) is 0 Å². The molecule has 2 aliphatic rings. The van der Waals surface area contributed by atoms with Crippen molar-refractivity contribution in [1.29, 1.82) is 0 Å². The van der Waals surface area contributed by atoms with Crippen LogP contribution in [0.3, 0.4) is 0 Å². The van der Waals surface area contributed by atoms with Crippen molar-refractivity contribution in [3.05, 3.63) is 0 Å². The molecule has 0 aromatic rings. The van der Waals surface area contributed by atoms with E-state index in [4.69, 9.17) is 5.84 Å². The van der Waals surface area contributed by atoms with Crippen LogP contribution in [0.25, 0.3) is 0 Å². The van der Waals surface area contributed by atoms with Crippen LogP contribution in [-0.2, 0) is 0 Å². The van der Waals surface area contributed by atoms with Gasteiger partial charge in [0.1, 0.15) is 0 Å². The minimum absolute atomic E-state index is 0.555. The molecule has 0 aromatic carbocycles. The van der Waals surface area contributed by atoms with Gasteiger partial charge in [0.05, 0.1) is 0 Å². The molecule has 0 spiro atoms. The van der Waals surface area contributed by atoms with Crippen LogP contribution in [0.4, 0.5) is 0 Å². The second kappa shape index (κ2) is 6.95. The molecule has 0 radical (unpaired) electrons. The van der Waals surface area contributed by atoms with Crippen molar-refractivity contribution in [1.82, 2.24) is 15.6 Å². The zero-order valence-corrected chi connectivity index (χ0v) is 11.5. The maximum Gasteiger partial charge on any atom is 0.205 e. The number of hydrazine groups is 1. The van der Waals surface area contributed by atoms with E-state index in [1.807, 2.05) is 0 Å². The molecule has 0 bridgehead atoms. The standard InChI is InChI=1S/C13H27N5/c1-18-8-7-11(10-18)9-15-13(17-14)16-12-5-3-2-4-6-12/h11-12H,2-10,14H2,1H3,(H2,15,16,17). The first-order valence-corrected chi connectivity index (χ1v) is 7.24. The lowest BCUT2D eigenvalue weighted by atomic mass is 9.96. The minimum Gasteiger partial charge on any atom is -0.353 e. The van der Waals surface area contributed by atoms with Crippen molar-refractivity contribution in [3.8, 4) is 0 Å². The largest absolute Gasteiger partial charge is 0.353 e. The summed E-state index contributed by atoms with van der Waals surface area (Å²) in [7, 11) is 2.17. The number of guanidine groups is 1. The Labute approximate surface area is 110 Å². The van der Waals surface area contributed by atoms with Crippen molar-refractivity contribution in [2.24, 2.45) is 16.8 Å². The molecule has 5 heteroatoms. The molecule has 1 atom stereocenters. The van der Waals surface area contributed by atoms with E-state index in [1.165, 1.54) is 45.1 Å². The van der Waals surface area contributed by atoms with Gasteiger partial charge in [-0.15, -0.1) is 0 Å². The van der Waals surface area contributed by atoms with Gasteiger partial charge in [-0.25, -0.2) is 5.84 Å². The number of nitrogens with one attached hydrogen (secondary N) is 2. The summed E-state index contributed by atoms with van der Waals surface area (Å²) in [6.45, 7) is 3.23. The van der Waals surface area contributed by atoms with Gasteiger partial charge in [0.2, 0.25) is 5.96 Å². The van der Waals surface area contributed by atoms with Gasteiger partial charge >= 0.3 is 0 Å². The maximum atomic E-state index is 5.55. The predicted octanol–water partition coefficient (Wildman–Crippen LogP) is 0.680. The summed E-state index contributed by atoms with van der Waals surface area (Å²) in [5.74, 6) is 7.01. The van der Waals surface area contributed by atoms with Crippen LogP contribution in [0.5, 0.6) is 0 Å². The molecule has 1 heterocycles. The monoisotopic (exact) mass is 253 g/mol. The van der Waals surface area contributed by atoms with E-state index in [0.717, 1.165) is 19.0 Å². The summed E-state index contributed by atoms with van der Waals surface area (Å²) in [5.41, 5.74) is 2.71. The Hall–Kier alpha value is -0.810. The van der Waals surface area contributed by atoms with Gasteiger partial charge in [-0.1, -0.05) is 19.3 Å². The van der Waals surface area contributed by atoms with Crippen LogP contribution in [0.15, 0.2) is 4.99 Å². The fourth-order valence-corrected chi connectivity index (χ4v) is 2.97. The third-order valence-corrected chi connectivity index (χ3v) is 4.08. The van der Waals surface area contributed by atoms with E-state index in [0.29, 0.717) is 12.0 Å². The van der Waals surface area contributed by atoms with Gasteiger partial charge in [-0.2, -0.15) is 0 Å². The van der Waals surface area contributed by atoms with Crippen molar-refractivity contribution < 1.29 is 0 Å². The normalized spacial score (nSPS) is 27.4. The van der Waals surface area contributed by atoms with Crippen LogP contribution in [0, 0.1) is 5.92 Å². The van der Waals surface area contributed by atoms with Gasteiger partial charge in [0.15, 0.2) is 0 Å². The number of rotatable bonds is 3. The van der Waals surface area contributed by atoms with Gasteiger partial charge in [-0.05, 0) is 38.8 Å². The number of likely N-dealkylation sites (tertiary alicyclic amines) is 1. The second-order valence-corrected chi connectivity index (χ2v) is 5.73. The summed E-state index contributed by atoms with van der Waals surface area (Å²) in [6.07, 6.45) is 7.75. The Balaban J connectivity index is 1.76. The predicted molar refractivity (Wildman–Crippen MR) is 75.2 cm³/mol. The Morgan fingerprint density at radius 3 is 2.67 bits per heavy atom. The molecule has 1 unspecified atom stereocenters. The van der Waals surface area contributed by atoms with E-state index in [2.05, 4.69) is 27.7 Å². The van der Waals surface area contributed by atoms with Crippen LogP contribution in [0.2, 0.25) is 0 Å². The molecule has 18 heavy (non-hydrogen) atoms. The van der Waals surface area contributed by atoms with Crippen molar-refractivity contribution in [3.63, 3.8) is 0 Å².